The van der Waals surface area contributed by atoms with E-state index in [9.17, 15) is 4.79 Å². The van der Waals surface area contributed by atoms with Gasteiger partial charge in [0.15, 0.2) is 0 Å². The van der Waals surface area contributed by atoms with Gasteiger partial charge in [0.1, 0.15) is 0 Å². The topological polar surface area (TPSA) is 23.6 Å². The van der Waals surface area contributed by atoms with Crippen LogP contribution in [0.5, 0.6) is 0 Å². The van der Waals surface area contributed by atoms with Crippen LogP contribution in [0.1, 0.15) is 39.0 Å². The Hall–Kier alpha value is -0.570. The Labute approximate surface area is 92.4 Å². The van der Waals surface area contributed by atoms with E-state index in [1.54, 1.807) is 0 Å². The Morgan fingerprint density at radius 2 is 2.13 bits per heavy atom. The zero-order chi connectivity index (χ0) is 10.7. The van der Waals surface area contributed by atoms with Crippen molar-refractivity contribution in [3.05, 3.63) is 0 Å². The van der Waals surface area contributed by atoms with Gasteiger partial charge in [-0.1, -0.05) is 13.3 Å². The number of carbonyl (C=O) groups excluding carboxylic acids is 1. The van der Waals surface area contributed by atoms with E-state index in [1.807, 2.05) is 0 Å². The predicted molar refractivity (Wildman–Crippen MR) is 60.7 cm³/mol. The average Bonchev–Trinajstić information content (AvgIpc) is 2.29. The molecular formula is C12H22N2O. The highest BCUT2D eigenvalue weighted by Crippen LogP contribution is 2.21. The molecule has 0 aliphatic carbocycles. The van der Waals surface area contributed by atoms with E-state index in [0.717, 1.165) is 32.5 Å². The van der Waals surface area contributed by atoms with Gasteiger partial charge in [0.25, 0.3) is 0 Å². The van der Waals surface area contributed by atoms with Crippen molar-refractivity contribution < 1.29 is 4.79 Å². The third-order valence-corrected chi connectivity index (χ3v) is 3.65. The van der Waals surface area contributed by atoms with E-state index in [4.69, 9.17) is 0 Å². The summed E-state index contributed by atoms with van der Waals surface area (Å²) in [7, 11) is 0. The zero-order valence-electron chi connectivity index (χ0n) is 9.74. The summed E-state index contributed by atoms with van der Waals surface area (Å²) in [5.41, 5.74) is 0. The molecule has 0 saturated carbocycles. The Balaban J connectivity index is 1.87. The van der Waals surface area contributed by atoms with E-state index >= 15 is 0 Å². The van der Waals surface area contributed by atoms with Crippen molar-refractivity contribution in [3.8, 4) is 0 Å². The highest BCUT2D eigenvalue weighted by atomic mass is 16.2. The third kappa shape index (κ3) is 2.51. The van der Waals surface area contributed by atoms with Crippen LogP contribution in [0.4, 0.5) is 0 Å². The van der Waals surface area contributed by atoms with Crippen LogP contribution in [0, 0.1) is 0 Å². The summed E-state index contributed by atoms with van der Waals surface area (Å²) in [5, 5.41) is 0. The first-order valence-electron chi connectivity index (χ1n) is 6.33. The van der Waals surface area contributed by atoms with Gasteiger partial charge >= 0.3 is 0 Å². The standard InChI is InChI=1S/C12H22N2O/c1-2-5-12(15)14-9-8-13-7-4-3-6-11(13)10-14/h11H,2-10H2,1H3. The number of piperidine rings is 1. The van der Waals surface area contributed by atoms with Crippen molar-refractivity contribution >= 4 is 5.91 Å². The lowest BCUT2D eigenvalue weighted by molar-refractivity contribution is -0.134. The lowest BCUT2D eigenvalue weighted by Gasteiger charge is -2.44. The summed E-state index contributed by atoms with van der Waals surface area (Å²) in [6, 6.07) is 0.660. The average molecular weight is 210 g/mol. The molecular weight excluding hydrogens is 188 g/mol. The van der Waals surface area contributed by atoms with Crippen LogP contribution < -0.4 is 0 Å². The highest BCUT2D eigenvalue weighted by Gasteiger charge is 2.30. The van der Waals surface area contributed by atoms with Crippen molar-refractivity contribution in [2.75, 3.05) is 26.2 Å². The van der Waals surface area contributed by atoms with Crippen LogP contribution in [-0.4, -0.2) is 47.9 Å². The van der Waals surface area contributed by atoms with Crippen LogP contribution in [0.25, 0.3) is 0 Å². The zero-order valence-corrected chi connectivity index (χ0v) is 9.74. The van der Waals surface area contributed by atoms with E-state index in [1.165, 1.54) is 25.8 Å². The molecule has 15 heavy (non-hydrogen) atoms. The maximum Gasteiger partial charge on any atom is 0.222 e. The van der Waals surface area contributed by atoms with Gasteiger partial charge in [0, 0.05) is 32.1 Å². The quantitative estimate of drug-likeness (QED) is 0.689. The largest absolute Gasteiger partial charge is 0.340 e. The summed E-state index contributed by atoms with van der Waals surface area (Å²) in [6.45, 7) is 6.36. The number of hydrogen-bond donors (Lipinski definition) is 0. The normalized spacial score (nSPS) is 27.5. The molecule has 1 amide bonds. The molecule has 3 nitrogen and oxygen atoms in total. The van der Waals surface area contributed by atoms with Crippen molar-refractivity contribution in [2.45, 2.75) is 45.1 Å². The molecule has 0 spiro atoms. The van der Waals surface area contributed by atoms with Gasteiger partial charge in [0.2, 0.25) is 5.91 Å². The maximum atomic E-state index is 11.8. The monoisotopic (exact) mass is 210 g/mol. The number of amides is 1. The third-order valence-electron chi connectivity index (χ3n) is 3.65. The summed E-state index contributed by atoms with van der Waals surface area (Å²) < 4.78 is 0. The van der Waals surface area contributed by atoms with Gasteiger partial charge in [-0.2, -0.15) is 0 Å². The molecule has 2 aliphatic heterocycles. The molecule has 2 rings (SSSR count). The lowest BCUT2D eigenvalue weighted by atomic mass is 9.99. The predicted octanol–water partition coefficient (Wildman–Crippen LogP) is 1.48. The Morgan fingerprint density at radius 1 is 1.27 bits per heavy atom. The number of piperazine rings is 1. The Kier molecular flexibility index (Phi) is 3.62. The van der Waals surface area contributed by atoms with E-state index < -0.39 is 0 Å². The molecule has 2 heterocycles. The molecule has 0 N–H and O–H groups in total. The first kappa shape index (κ1) is 10.9. The SMILES string of the molecule is CCCC(=O)N1CCN2CCCCC2C1. The van der Waals surface area contributed by atoms with Crippen molar-refractivity contribution in [2.24, 2.45) is 0 Å². The van der Waals surface area contributed by atoms with Crippen LogP contribution in [0.3, 0.4) is 0 Å². The summed E-state index contributed by atoms with van der Waals surface area (Å²) >= 11 is 0. The van der Waals surface area contributed by atoms with Gasteiger partial charge in [-0.25, -0.2) is 0 Å². The van der Waals surface area contributed by atoms with Crippen molar-refractivity contribution in [1.29, 1.82) is 0 Å². The number of fused-ring (bicyclic) bond motifs is 1. The highest BCUT2D eigenvalue weighted by molar-refractivity contribution is 5.76. The molecule has 1 atom stereocenters. The first-order chi connectivity index (χ1) is 7.31. The molecule has 2 aliphatic rings. The fraction of sp³-hybridized carbons (Fsp3) is 0.917. The van der Waals surface area contributed by atoms with Gasteiger partial charge in [-0.3, -0.25) is 9.69 Å². The van der Waals surface area contributed by atoms with Crippen molar-refractivity contribution in [1.82, 2.24) is 9.80 Å². The van der Waals surface area contributed by atoms with Gasteiger partial charge in [0.05, 0.1) is 0 Å². The van der Waals surface area contributed by atoms with Gasteiger partial charge < -0.3 is 4.90 Å². The maximum absolute atomic E-state index is 11.8. The van der Waals surface area contributed by atoms with E-state index in [0.29, 0.717) is 11.9 Å². The number of rotatable bonds is 2. The molecule has 0 bridgehead atoms. The number of carbonyl (C=O) groups is 1. The molecule has 86 valence electrons. The van der Waals surface area contributed by atoms with E-state index in [-0.39, 0.29) is 0 Å². The molecule has 2 fully saturated rings. The van der Waals surface area contributed by atoms with Crippen LogP contribution in [0.2, 0.25) is 0 Å². The Morgan fingerprint density at radius 3 is 2.93 bits per heavy atom. The smallest absolute Gasteiger partial charge is 0.222 e. The molecule has 3 heteroatoms. The second-order valence-electron chi connectivity index (χ2n) is 4.78. The lowest BCUT2D eigenvalue weighted by Crippen LogP contribution is -2.56. The van der Waals surface area contributed by atoms with Gasteiger partial charge in [-0.05, 0) is 25.8 Å². The molecule has 2 saturated heterocycles. The molecule has 0 aromatic rings. The van der Waals surface area contributed by atoms with Gasteiger partial charge in [-0.15, -0.1) is 0 Å². The fourth-order valence-electron chi connectivity index (χ4n) is 2.75. The summed E-state index contributed by atoms with van der Waals surface area (Å²) in [4.78, 5) is 16.4. The van der Waals surface area contributed by atoms with E-state index in [2.05, 4.69) is 16.7 Å². The Bertz CT molecular complexity index is 230. The molecule has 0 radical (unpaired) electrons. The number of hydrogen-bond acceptors (Lipinski definition) is 2. The number of nitrogens with zero attached hydrogens (tertiary/aromatic N) is 2. The fourth-order valence-corrected chi connectivity index (χ4v) is 2.75. The minimum Gasteiger partial charge on any atom is -0.340 e. The van der Waals surface area contributed by atoms with Crippen LogP contribution in [0.15, 0.2) is 0 Å². The minimum atomic E-state index is 0.364. The van der Waals surface area contributed by atoms with Crippen LogP contribution in [-0.2, 0) is 4.79 Å². The minimum absolute atomic E-state index is 0.364. The molecule has 0 aromatic heterocycles. The first-order valence-corrected chi connectivity index (χ1v) is 6.33. The summed E-state index contributed by atoms with van der Waals surface area (Å²) in [5.74, 6) is 0.364. The second kappa shape index (κ2) is 4.97. The van der Waals surface area contributed by atoms with Crippen LogP contribution >= 0.6 is 0 Å². The molecule has 0 aromatic carbocycles. The summed E-state index contributed by atoms with van der Waals surface area (Å²) in [6.07, 6.45) is 5.68. The van der Waals surface area contributed by atoms with Crippen molar-refractivity contribution in [3.63, 3.8) is 0 Å². The molecule has 1 unspecified atom stereocenters. The second-order valence-corrected chi connectivity index (χ2v) is 4.78.